The third kappa shape index (κ3) is 8.64. The van der Waals surface area contributed by atoms with Crippen molar-refractivity contribution in [2.24, 2.45) is 5.14 Å². The number of thioether (sulfide) groups is 2. The Bertz CT molecular complexity index is 1340. The molecule has 36 heavy (non-hydrogen) atoms. The van der Waals surface area contributed by atoms with Crippen LogP contribution in [-0.2, 0) is 37.5 Å². The first-order valence-corrected chi connectivity index (χ1v) is 16.0. The minimum atomic E-state index is -5.63. The molecule has 189 valence electrons. The molecule has 6 nitrogen and oxygen atoms in total. The summed E-state index contributed by atoms with van der Waals surface area (Å²) in [6, 6.07) is 18.3. The van der Waals surface area contributed by atoms with Gasteiger partial charge in [-0.3, -0.25) is 4.57 Å². The quantitative estimate of drug-likeness (QED) is 0.148. The number of halogens is 3. The molecule has 0 atom stereocenters. The Labute approximate surface area is 247 Å². The largest absolute Gasteiger partial charge is 0.399 e. The summed E-state index contributed by atoms with van der Waals surface area (Å²) in [7, 11) is -9.33. The first-order chi connectivity index (χ1) is 16.3. The van der Waals surface area contributed by atoms with Crippen LogP contribution in [0.15, 0.2) is 81.0 Å². The van der Waals surface area contributed by atoms with Gasteiger partial charge in [0.2, 0.25) is 10.0 Å². The van der Waals surface area contributed by atoms with Crippen molar-refractivity contribution < 1.29 is 31.6 Å². The van der Waals surface area contributed by atoms with Crippen molar-refractivity contribution >= 4 is 86.6 Å². The fraction of sp³-hybridized carbons (Fsp3) is 0.182. The van der Waals surface area contributed by atoms with Crippen LogP contribution in [0.2, 0.25) is 0 Å². The van der Waals surface area contributed by atoms with Crippen molar-refractivity contribution in [2.45, 2.75) is 32.7 Å². The SMILES string of the molecule is NS(=O)(=O)c1ccc(SCc2ccc(CSCc3ccc(C(F)(F)P(=O)(O)O)c(Br)c3)cc2)cc1.[Na]. The molecule has 0 fully saturated rings. The molecule has 14 heteroatoms. The minimum absolute atomic E-state index is 0. The van der Waals surface area contributed by atoms with Crippen molar-refractivity contribution in [3.8, 4) is 0 Å². The van der Waals surface area contributed by atoms with E-state index in [0.29, 0.717) is 17.3 Å². The predicted molar refractivity (Wildman–Crippen MR) is 145 cm³/mol. The zero-order valence-electron chi connectivity index (χ0n) is 19.0. The zero-order chi connectivity index (χ0) is 25.9. The Hall–Kier alpha value is -0.240. The van der Waals surface area contributed by atoms with Gasteiger partial charge in [-0.15, -0.1) is 11.8 Å². The first kappa shape index (κ1) is 32.0. The zero-order valence-corrected chi connectivity index (χ0v) is 25.9. The van der Waals surface area contributed by atoms with Gasteiger partial charge in [0, 0.05) is 61.7 Å². The van der Waals surface area contributed by atoms with Gasteiger partial charge >= 0.3 is 13.3 Å². The van der Waals surface area contributed by atoms with E-state index in [1.165, 1.54) is 24.3 Å². The number of alkyl halides is 2. The molecule has 0 aliphatic heterocycles. The fourth-order valence-corrected chi connectivity index (χ4v) is 6.61. The van der Waals surface area contributed by atoms with Gasteiger partial charge in [-0.2, -0.15) is 20.5 Å². The number of hydrogen-bond acceptors (Lipinski definition) is 5. The van der Waals surface area contributed by atoms with Crippen molar-refractivity contribution in [3.63, 3.8) is 0 Å². The van der Waals surface area contributed by atoms with E-state index >= 15 is 0 Å². The summed E-state index contributed by atoms with van der Waals surface area (Å²) < 4.78 is 61.6. The second-order valence-electron chi connectivity index (χ2n) is 7.51. The number of nitrogens with two attached hydrogens (primary N) is 1. The Morgan fingerprint density at radius 1 is 0.889 bits per heavy atom. The molecular formula is C22H21BrF2NNaO5PS3. The fourth-order valence-electron chi connectivity index (χ4n) is 2.96. The van der Waals surface area contributed by atoms with Gasteiger partial charge in [0.25, 0.3) is 0 Å². The van der Waals surface area contributed by atoms with Crippen molar-refractivity contribution in [1.82, 2.24) is 0 Å². The summed E-state index contributed by atoms with van der Waals surface area (Å²) in [5, 5.41) is 5.10. The number of benzene rings is 3. The molecule has 0 amide bonds. The molecule has 1 radical (unpaired) electrons. The smallest absolute Gasteiger partial charge is 0.320 e. The number of rotatable bonds is 10. The van der Waals surface area contributed by atoms with E-state index in [9.17, 15) is 21.8 Å². The summed E-state index contributed by atoms with van der Waals surface area (Å²) in [6.07, 6.45) is 0. The summed E-state index contributed by atoms with van der Waals surface area (Å²) in [4.78, 5) is 18.8. The average Bonchev–Trinajstić information content (AvgIpc) is 2.77. The Morgan fingerprint density at radius 3 is 1.89 bits per heavy atom. The third-order valence-corrected chi connectivity index (χ3v) is 9.56. The van der Waals surface area contributed by atoms with E-state index in [-0.39, 0.29) is 38.9 Å². The number of hydrogen-bond donors (Lipinski definition) is 3. The van der Waals surface area contributed by atoms with Crippen LogP contribution in [0.3, 0.4) is 0 Å². The molecule has 0 heterocycles. The Balaban J connectivity index is 0.00000456. The van der Waals surface area contributed by atoms with Gasteiger partial charge in [0.1, 0.15) is 0 Å². The van der Waals surface area contributed by atoms with Crippen LogP contribution >= 0.6 is 47.0 Å². The molecule has 3 aromatic carbocycles. The average molecular weight is 647 g/mol. The molecule has 3 rings (SSSR count). The molecule has 0 saturated heterocycles. The number of primary sulfonamides is 1. The van der Waals surface area contributed by atoms with Gasteiger partial charge in [0.05, 0.1) is 4.90 Å². The molecule has 3 aromatic rings. The molecule has 0 bridgehead atoms. The summed E-state index contributed by atoms with van der Waals surface area (Å²) in [6.45, 7) is 0. The van der Waals surface area contributed by atoms with Crippen molar-refractivity contribution in [3.05, 3.63) is 93.5 Å². The van der Waals surface area contributed by atoms with Gasteiger partial charge in [-0.05, 0) is 47.0 Å². The van der Waals surface area contributed by atoms with E-state index in [1.54, 1.807) is 35.7 Å². The standard InChI is InChI=1S/C22H21BrF2NO5PS3.Na/c23-21-11-17(5-10-20(21)22(24,25)32(27,28)29)13-33-12-15-1-3-16(4-2-15)14-34-18-6-8-19(9-7-18)35(26,30)31;/h1-11H,12-14H2,(H2,26,30,31)(H2,27,28,29);. The van der Waals surface area contributed by atoms with Crippen LogP contribution in [0.25, 0.3) is 0 Å². The second-order valence-corrected chi connectivity index (χ2v) is 13.6. The molecule has 0 aliphatic rings. The maximum atomic E-state index is 13.9. The Kier molecular flexibility index (Phi) is 11.7. The molecule has 0 aliphatic carbocycles. The van der Waals surface area contributed by atoms with Crippen LogP contribution in [0.5, 0.6) is 0 Å². The van der Waals surface area contributed by atoms with E-state index in [4.69, 9.17) is 14.9 Å². The number of sulfonamides is 1. The molecule has 0 spiro atoms. The molecule has 0 aromatic heterocycles. The maximum absolute atomic E-state index is 13.9. The second kappa shape index (κ2) is 13.2. The summed E-state index contributed by atoms with van der Waals surface area (Å²) in [5.41, 5.74) is -2.07. The van der Waals surface area contributed by atoms with Gasteiger partial charge in [0.15, 0.2) is 0 Å². The normalized spacial score (nSPS) is 12.3. The molecule has 0 saturated carbocycles. The molecule has 0 unspecified atom stereocenters. The predicted octanol–water partition coefficient (Wildman–Crippen LogP) is 5.67. The third-order valence-electron chi connectivity index (χ3n) is 4.84. The van der Waals surface area contributed by atoms with Crippen LogP contribution < -0.4 is 5.14 Å². The van der Waals surface area contributed by atoms with Crippen molar-refractivity contribution in [1.29, 1.82) is 0 Å². The van der Waals surface area contributed by atoms with Crippen molar-refractivity contribution in [2.75, 3.05) is 0 Å². The topological polar surface area (TPSA) is 118 Å². The van der Waals surface area contributed by atoms with Crippen LogP contribution in [0.1, 0.15) is 22.3 Å². The Morgan fingerprint density at radius 2 is 1.39 bits per heavy atom. The van der Waals surface area contributed by atoms with E-state index < -0.39 is 28.8 Å². The summed E-state index contributed by atoms with van der Waals surface area (Å²) >= 11 is 6.15. The van der Waals surface area contributed by atoms with Gasteiger partial charge < -0.3 is 9.79 Å². The van der Waals surface area contributed by atoms with E-state index in [0.717, 1.165) is 27.7 Å². The molecular weight excluding hydrogens is 626 g/mol. The summed E-state index contributed by atoms with van der Waals surface area (Å²) in [5.74, 6) is 1.94. The molecule has 4 N–H and O–H groups in total. The van der Waals surface area contributed by atoms with Crippen LogP contribution in [0.4, 0.5) is 8.78 Å². The minimum Gasteiger partial charge on any atom is -0.320 e. The van der Waals surface area contributed by atoms with Gasteiger partial charge in [-0.1, -0.05) is 52.3 Å². The van der Waals surface area contributed by atoms with E-state index in [1.807, 2.05) is 24.3 Å². The monoisotopic (exact) mass is 646 g/mol. The maximum Gasteiger partial charge on any atom is 0.399 e. The van der Waals surface area contributed by atoms with Crippen LogP contribution in [-0.4, -0.2) is 47.8 Å². The van der Waals surface area contributed by atoms with Gasteiger partial charge in [-0.25, -0.2) is 13.6 Å². The van der Waals surface area contributed by atoms with E-state index in [2.05, 4.69) is 15.9 Å². The first-order valence-electron chi connectivity index (χ1n) is 9.91. The van der Waals surface area contributed by atoms with Crippen LogP contribution in [0, 0.1) is 0 Å².